The van der Waals surface area contributed by atoms with Gasteiger partial charge in [-0.1, -0.05) is 54.1 Å². The number of benzene rings is 3. The van der Waals surface area contributed by atoms with Gasteiger partial charge >= 0.3 is 0 Å². The summed E-state index contributed by atoms with van der Waals surface area (Å²) in [5.74, 6) is 0.462. The van der Waals surface area contributed by atoms with E-state index in [0.717, 1.165) is 16.7 Å². The van der Waals surface area contributed by atoms with E-state index < -0.39 is 6.04 Å². The van der Waals surface area contributed by atoms with Crippen LogP contribution in [0, 0.1) is 6.92 Å². The van der Waals surface area contributed by atoms with Crippen LogP contribution in [0.3, 0.4) is 0 Å². The van der Waals surface area contributed by atoms with Gasteiger partial charge in [0.2, 0.25) is 0 Å². The van der Waals surface area contributed by atoms with Gasteiger partial charge in [0.15, 0.2) is 0 Å². The van der Waals surface area contributed by atoms with Gasteiger partial charge in [-0.25, -0.2) is 0 Å². The van der Waals surface area contributed by atoms with Crippen molar-refractivity contribution in [3.05, 3.63) is 99.7 Å². The molecule has 0 saturated carbocycles. The zero-order valence-electron chi connectivity index (χ0n) is 19.0. The molecule has 5 rings (SSSR count). The lowest BCUT2D eigenvalue weighted by Crippen LogP contribution is -2.32. The van der Waals surface area contributed by atoms with Gasteiger partial charge in [0, 0.05) is 22.7 Å². The fraction of sp³-hybridized carbons (Fsp3) is 0.185. The predicted molar refractivity (Wildman–Crippen MR) is 133 cm³/mol. The van der Waals surface area contributed by atoms with E-state index in [1.807, 2.05) is 54.6 Å². The fourth-order valence-electron chi connectivity index (χ4n) is 4.43. The molecule has 0 radical (unpaired) electrons. The number of aromatic hydroxyl groups is 1. The molecule has 0 spiro atoms. The molecular formula is C27H24ClN3O4. The number of aliphatic hydroxyl groups is 1. The molecule has 1 unspecified atom stereocenters. The molecule has 0 bridgehead atoms. The second kappa shape index (κ2) is 9.44. The van der Waals surface area contributed by atoms with Gasteiger partial charge in [0.1, 0.15) is 29.5 Å². The van der Waals surface area contributed by atoms with E-state index in [-0.39, 0.29) is 24.8 Å². The molecule has 35 heavy (non-hydrogen) atoms. The summed E-state index contributed by atoms with van der Waals surface area (Å²) in [6, 6.07) is 20.1. The van der Waals surface area contributed by atoms with Crippen LogP contribution in [-0.4, -0.2) is 44.4 Å². The molecule has 0 aliphatic carbocycles. The number of carbonyl (C=O) groups excluding carboxylic acids is 1. The molecule has 1 aromatic heterocycles. The number of carbonyl (C=O) groups is 1. The number of hydrogen-bond acceptors (Lipinski definition) is 5. The Hall–Kier alpha value is -3.81. The number of nitrogens with one attached hydrogen (secondary N) is 1. The van der Waals surface area contributed by atoms with Crippen LogP contribution in [0.4, 0.5) is 0 Å². The minimum absolute atomic E-state index is 0.0256. The maximum absolute atomic E-state index is 13.2. The molecule has 3 aromatic carbocycles. The Labute approximate surface area is 207 Å². The van der Waals surface area contributed by atoms with Crippen LogP contribution in [0.2, 0.25) is 5.02 Å². The zero-order valence-corrected chi connectivity index (χ0v) is 19.8. The van der Waals surface area contributed by atoms with Crippen molar-refractivity contribution in [3.63, 3.8) is 0 Å². The van der Waals surface area contributed by atoms with Crippen molar-refractivity contribution in [2.24, 2.45) is 0 Å². The third-order valence-electron chi connectivity index (χ3n) is 6.18. The smallest absolute Gasteiger partial charge is 0.273 e. The number of β-amino-alcohol motifs (C(OH)–C–C–N with tert-alkyl or cyclic N) is 1. The molecule has 1 atom stereocenters. The highest BCUT2D eigenvalue weighted by atomic mass is 35.5. The lowest BCUT2D eigenvalue weighted by molar-refractivity contribution is 0.0706. The van der Waals surface area contributed by atoms with Crippen LogP contribution in [0.25, 0.3) is 11.3 Å². The highest BCUT2D eigenvalue weighted by Gasteiger charge is 2.42. The molecule has 0 saturated heterocycles. The van der Waals surface area contributed by atoms with E-state index in [2.05, 4.69) is 10.2 Å². The van der Waals surface area contributed by atoms with Gasteiger partial charge in [-0.3, -0.25) is 9.89 Å². The molecule has 8 heteroatoms. The average molecular weight is 490 g/mol. The van der Waals surface area contributed by atoms with E-state index >= 15 is 0 Å². The Morgan fingerprint density at radius 3 is 2.57 bits per heavy atom. The van der Waals surface area contributed by atoms with Gasteiger partial charge < -0.3 is 19.8 Å². The SMILES string of the molecule is Cc1cc(O)c(-c2n[nH]c3c2C(c2ccc(OCc4ccccc4)cc2)N(CCO)C3=O)cc1Cl. The quantitative estimate of drug-likeness (QED) is 0.344. The molecule has 178 valence electrons. The first-order chi connectivity index (χ1) is 17.0. The Morgan fingerprint density at radius 2 is 1.86 bits per heavy atom. The Balaban J connectivity index is 1.51. The standard InChI is InChI=1S/C27H24ClN3O4/c1-16-13-22(33)20(14-21(16)28)24-23-25(30-29-24)27(34)31(11-12-32)26(23)18-7-9-19(10-8-18)35-15-17-5-3-2-4-6-17/h2-10,13-14,26,32-33H,11-12,15H2,1H3,(H,29,30). The number of aromatic nitrogens is 2. The van der Waals surface area contributed by atoms with Gasteiger partial charge in [0.25, 0.3) is 5.91 Å². The molecule has 0 fully saturated rings. The van der Waals surface area contributed by atoms with E-state index in [4.69, 9.17) is 16.3 Å². The summed E-state index contributed by atoms with van der Waals surface area (Å²) in [5, 5.41) is 28.0. The number of aryl methyl sites for hydroxylation is 1. The number of phenolic OH excluding ortho intramolecular Hbond substituents is 1. The largest absolute Gasteiger partial charge is 0.507 e. The summed E-state index contributed by atoms with van der Waals surface area (Å²) in [4.78, 5) is 14.8. The number of amides is 1. The minimum Gasteiger partial charge on any atom is -0.507 e. The fourth-order valence-corrected chi connectivity index (χ4v) is 4.59. The lowest BCUT2D eigenvalue weighted by Gasteiger charge is -2.26. The highest BCUT2D eigenvalue weighted by Crippen LogP contribution is 2.45. The molecule has 1 amide bonds. The van der Waals surface area contributed by atoms with E-state index in [1.165, 1.54) is 0 Å². The number of hydrogen-bond donors (Lipinski definition) is 3. The first-order valence-electron chi connectivity index (χ1n) is 11.2. The maximum atomic E-state index is 13.2. The van der Waals surface area contributed by atoms with Gasteiger partial charge in [-0.2, -0.15) is 5.10 Å². The lowest BCUT2D eigenvalue weighted by atomic mass is 9.95. The molecule has 1 aliphatic heterocycles. The molecular weight excluding hydrogens is 466 g/mol. The van der Waals surface area contributed by atoms with Crippen molar-refractivity contribution in [1.29, 1.82) is 0 Å². The number of nitrogens with zero attached hydrogens (tertiary/aromatic N) is 2. The molecule has 1 aliphatic rings. The topological polar surface area (TPSA) is 98.7 Å². The molecule has 7 nitrogen and oxygen atoms in total. The Morgan fingerprint density at radius 1 is 1.11 bits per heavy atom. The normalized spacial score (nSPS) is 14.9. The first-order valence-corrected chi connectivity index (χ1v) is 11.6. The number of H-pyrrole nitrogens is 1. The summed E-state index contributed by atoms with van der Waals surface area (Å²) in [6.45, 7) is 2.22. The number of phenols is 1. The van der Waals surface area contributed by atoms with Gasteiger partial charge in [-0.05, 0) is 47.9 Å². The number of aliphatic hydroxyl groups excluding tert-OH is 1. The number of ether oxygens (including phenoxy) is 1. The van der Waals surface area contributed by atoms with Crippen molar-refractivity contribution in [2.75, 3.05) is 13.2 Å². The monoisotopic (exact) mass is 489 g/mol. The number of aromatic amines is 1. The van der Waals surface area contributed by atoms with Crippen molar-refractivity contribution in [3.8, 4) is 22.8 Å². The number of fused-ring (bicyclic) bond motifs is 1. The predicted octanol–water partition coefficient (Wildman–Crippen LogP) is 4.86. The third-order valence-corrected chi connectivity index (χ3v) is 6.59. The van der Waals surface area contributed by atoms with Crippen LogP contribution >= 0.6 is 11.6 Å². The second-order valence-electron chi connectivity index (χ2n) is 8.45. The van der Waals surface area contributed by atoms with Crippen LogP contribution in [0.15, 0.2) is 66.7 Å². The second-order valence-corrected chi connectivity index (χ2v) is 8.85. The van der Waals surface area contributed by atoms with Gasteiger partial charge in [-0.15, -0.1) is 0 Å². The van der Waals surface area contributed by atoms with Crippen molar-refractivity contribution >= 4 is 17.5 Å². The van der Waals surface area contributed by atoms with E-state index in [0.29, 0.717) is 39.9 Å². The summed E-state index contributed by atoms with van der Waals surface area (Å²) >= 11 is 6.33. The Kier molecular flexibility index (Phi) is 6.19. The van der Waals surface area contributed by atoms with Crippen molar-refractivity contribution in [1.82, 2.24) is 15.1 Å². The summed E-state index contributed by atoms with van der Waals surface area (Å²) in [6.07, 6.45) is 0. The van der Waals surface area contributed by atoms with Crippen LogP contribution < -0.4 is 4.74 Å². The third kappa shape index (κ3) is 4.24. The first kappa shape index (κ1) is 23.0. The number of halogens is 1. The van der Waals surface area contributed by atoms with Crippen molar-refractivity contribution in [2.45, 2.75) is 19.6 Å². The maximum Gasteiger partial charge on any atom is 0.273 e. The average Bonchev–Trinajstić information content (AvgIpc) is 3.40. The molecule has 3 N–H and O–H groups in total. The van der Waals surface area contributed by atoms with Crippen LogP contribution in [0.1, 0.15) is 38.8 Å². The molecule has 4 aromatic rings. The Bertz CT molecular complexity index is 1370. The van der Waals surface area contributed by atoms with Crippen molar-refractivity contribution < 1.29 is 19.7 Å². The molecule has 2 heterocycles. The van der Waals surface area contributed by atoms with Crippen LogP contribution in [0.5, 0.6) is 11.5 Å². The number of rotatable bonds is 7. The summed E-state index contributed by atoms with van der Waals surface area (Å²) in [5.41, 5.74) is 4.48. The summed E-state index contributed by atoms with van der Waals surface area (Å²) in [7, 11) is 0. The minimum atomic E-state index is -0.499. The van der Waals surface area contributed by atoms with Crippen LogP contribution in [-0.2, 0) is 6.61 Å². The van der Waals surface area contributed by atoms with Gasteiger partial charge in [0.05, 0.1) is 12.6 Å². The van der Waals surface area contributed by atoms with E-state index in [1.54, 1.807) is 24.0 Å². The summed E-state index contributed by atoms with van der Waals surface area (Å²) < 4.78 is 5.91. The van der Waals surface area contributed by atoms with E-state index in [9.17, 15) is 15.0 Å². The highest BCUT2D eigenvalue weighted by molar-refractivity contribution is 6.31. The zero-order chi connectivity index (χ0) is 24.5.